The number of rotatable bonds is 2. The second kappa shape index (κ2) is 4.14. The fourth-order valence-electron chi connectivity index (χ4n) is 1.75. The van der Waals surface area contributed by atoms with E-state index in [1.807, 2.05) is 12.1 Å². The van der Waals surface area contributed by atoms with Crippen LogP contribution >= 0.6 is 0 Å². The van der Waals surface area contributed by atoms with E-state index in [-0.39, 0.29) is 11.8 Å². The maximum absolute atomic E-state index is 11.6. The van der Waals surface area contributed by atoms with Crippen molar-refractivity contribution in [2.24, 2.45) is 5.92 Å². The molecule has 1 fully saturated rings. The standard InChI is InChI=1S/C12H12N2O/c1-2-10-6-12(15)14(8-10)9-11-4-3-5-13-7-11/h1,3-5,7,10H,6,8-9H2. The Morgan fingerprint density at radius 2 is 2.53 bits per heavy atom. The molecule has 1 aromatic heterocycles. The van der Waals surface area contributed by atoms with Gasteiger partial charge in [-0.1, -0.05) is 6.07 Å². The van der Waals surface area contributed by atoms with Crippen molar-refractivity contribution in [2.45, 2.75) is 13.0 Å². The zero-order valence-corrected chi connectivity index (χ0v) is 8.39. The van der Waals surface area contributed by atoms with Gasteiger partial charge in [0, 0.05) is 37.8 Å². The van der Waals surface area contributed by atoms with Gasteiger partial charge in [-0.2, -0.15) is 0 Å². The van der Waals surface area contributed by atoms with E-state index < -0.39 is 0 Å². The molecule has 2 rings (SSSR count). The molecule has 0 saturated carbocycles. The van der Waals surface area contributed by atoms with Crippen LogP contribution in [0.2, 0.25) is 0 Å². The minimum atomic E-state index is 0.0779. The van der Waals surface area contributed by atoms with Gasteiger partial charge < -0.3 is 4.90 Å². The van der Waals surface area contributed by atoms with Crippen molar-refractivity contribution in [2.75, 3.05) is 6.54 Å². The Kier molecular flexibility index (Phi) is 2.68. The van der Waals surface area contributed by atoms with Crippen LogP contribution in [0.1, 0.15) is 12.0 Å². The molecule has 1 unspecified atom stereocenters. The van der Waals surface area contributed by atoms with E-state index in [1.54, 1.807) is 17.3 Å². The highest BCUT2D eigenvalue weighted by Crippen LogP contribution is 2.18. The summed E-state index contributed by atoms with van der Waals surface area (Å²) >= 11 is 0. The Bertz CT molecular complexity index is 394. The van der Waals surface area contributed by atoms with Gasteiger partial charge >= 0.3 is 0 Å². The molecule has 1 aliphatic heterocycles. The van der Waals surface area contributed by atoms with Crippen LogP contribution in [-0.4, -0.2) is 22.3 Å². The molecular formula is C12H12N2O. The number of aromatic nitrogens is 1. The molecule has 1 saturated heterocycles. The average Bonchev–Trinajstić information content (AvgIpc) is 2.61. The Morgan fingerprint density at radius 3 is 3.13 bits per heavy atom. The molecule has 0 radical (unpaired) electrons. The van der Waals surface area contributed by atoms with Crippen molar-refractivity contribution in [1.29, 1.82) is 0 Å². The Morgan fingerprint density at radius 1 is 1.67 bits per heavy atom. The summed E-state index contributed by atoms with van der Waals surface area (Å²) in [6.45, 7) is 1.29. The molecule has 1 aromatic rings. The van der Waals surface area contributed by atoms with Gasteiger partial charge in [0.25, 0.3) is 0 Å². The fraction of sp³-hybridized carbons (Fsp3) is 0.333. The van der Waals surface area contributed by atoms with Crippen LogP contribution in [0.4, 0.5) is 0 Å². The van der Waals surface area contributed by atoms with E-state index in [9.17, 15) is 4.79 Å². The largest absolute Gasteiger partial charge is 0.337 e. The quantitative estimate of drug-likeness (QED) is 0.669. The molecule has 15 heavy (non-hydrogen) atoms. The molecule has 3 heteroatoms. The number of likely N-dealkylation sites (tertiary alicyclic amines) is 1. The Hall–Kier alpha value is -1.82. The molecule has 2 heterocycles. The SMILES string of the molecule is C#CC1CC(=O)N(Cc2cccnc2)C1. The topological polar surface area (TPSA) is 33.2 Å². The first-order valence-electron chi connectivity index (χ1n) is 4.92. The summed E-state index contributed by atoms with van der Waals surface area (Å²) in [5.74, 6) is 2.85. The van der Waals surface area contributed by atoms with Gasteiger partial charge in [-0.25, -0.2) is 0 Å². The highest BCUT2D eigenvalue weighted by molar-refractivity contribution is 5.79. The van der Waals surface area contributed by atoms with Crippen LogP contribution in [0.15, 0.2) is 24.5 Å². The van der Waals surface area contributed by atoms with Gasteiger partial charge in [0.05, 0.1) is 0 Å². The Balaban J connectivity index is 2.02. The second-order valence-electron chi connectivity index (χ2n) is 3.70. The summed E-state index contributed by atoms with van der Waals surface area (Å²) in [4.78, 5) is 17.4. The maximum Gasteiger partial charge on any atom is 0.224 e. The molecule has 1 atom stereocenters. The van der Waals surface area contributed by atoms with Gasteiger partial charge in [-0.3, -0.25) is 9.78 Å². The highest BCUT2D eigenvalue weighted by Gasteiger charge is 2.27. The first-order chi connectivity index (χ1) is 7.29. The summed E-state index contributed by atoms with van der Waals surface area (Å²) in [5.41, 5.74) is 1.04. The van der Waals surface area contributed by atoms with Crippen molar-refractivity contribution in [3.63, 3.8) is 0 Å². The van der Waals surface area contributed by atoms with Gasteiger partial charge in [-0.05, 0) is 11.6 Å². The monoisotopic (exact) mass is 200 g/mol. The van der Waals surface area contributed by atoms with Gasteiger partial charge in [0.2, 0.25) is 5.91 Å². The van der Waals surface area contributed by atoms with Crippen LogP contribution in [0.25, 0.3) is 0 Å². The zero-order valence-electron chi connectivity index (χ0n) is 8.39. The molecule has 0 aromatic carbocycles. The predicted molar refractivity (Wildman–Crippen MR) is 56.6 cm³/mol. The highest BCUT2D eigenvalue weighted by atomic mass is 16.2. The van der Waals surface area contributed by atoms with Crippen molar-refractivity contribution in [3.05, 3.63) is 30.1 Å². The summed E-state index contributed by atoms with van der Waals surface area (Å²) in [5, 5.41) is 0. The third kappa shape index (κ3) is 2.16. The molecule has 0 bridgehead atoms. The third-order valence-corrected chi connectivity index (χ3v) is 2.55. The van der Waals surface area contributed by atoms with Gasteiger partial charge in [0.1, 0.15) is 0 Å². The molecule has 76 valence electrons. The molecule has 0 spiro atoms. The van der Waals surface area contributed by atoms with Crippen molar-refractivity contribution in [1.82, 2.24) is 9.88 Å². The summed E-state index contributed by atoms with van der Waals surface area (Å²) in [7, 11) is 0. The van der Waals surface area contributed by atoms with E-state index in [0.29, 0.717) is 19.5 Å². The van der Waals surface area contributed by atoms with E-state index >= 15 is 0 Å². The number of pyridine rings is 1. The lowest BCUT2D eigenvalue weighted by Crippen LogP contribution is -2.24. The first-order valence-corrected chi connectivity index (χ1v) is 4.92. The molecule has 1 amide bonds. The lowest BCUT2D eigenvalue weighted by Gasteiger charge is -2.15. The summed E-state index contributed by atoms with van der Waals surface area (Å²) in [6.07, 6.45) is 9.29. The number of carbonyl (C=O) groups excluding carboxylic acids is 1. The lowest BCUT2D eigenvalue weighted by atomic mass is 10.1. The molecule has 0 N–H and O–H groups in total. The Labute approximate surface area is 89.1 Å². The normalized spacial score (nSPS) is 20.3. The van der Waals surface area contributed by atoms with Crippen molar-refractivity contribution < 1.29 is 4.79 Å². The lowest BCUT2D eigenvalue weighted by molar-refractivity contribution is -0.128. The third-order valence-electron chi connectivity index (χ3n) is 2.55. The molecule has 0 aliphatic carbocycles. The van der Waals surface area contributed by atoms with Crippen LogP contribution in [0, 0.1) is 18.3 Å². The molecule has 3 nitrogen and oxygen atoms in total. The first kappa shape index (κ1) is 9.72. The number of terminal acetylenes is 1. The molecule has 1 aliphatic rings. The van der Waals surface area contributed by atoms with Crippen LogP contribution < -0.4 is 0 Å². The smallest absolute Gasteiger partial charge is 0.224 e. The number of amides is 1. The zero-order chi connectivity index (χ0) is 10.7. The van der Waals surface area contributed by atoms with Crippen LogP contribution in [-0.2, 0) is 11.3 Å². The maximum atomic E-state index is 11.6. The van der Waals surface area contributed by atoms with Crippen molar-refractivity contribution >= 4 is 5.91 Å². The fourth-order valence-corrected chi connectivity index (χ4v) is 1.75. The van der Waals surface area contributed by atoms with E-state index in [4.69, 9.17) is 6.42 Å². The predicted octanol–water partition coefficient (Wildman–Crippen LogP) is 1.06. The summed E-state index contributed by atoms with van der Waals surface area (Å²) in [6, 6.07) is 3.83. The molecular weight excluding hydrogens is 188 g/mol. The van der Waals surface area contributed by atoms with Gasteiger partial charge in [-0.15, -0.1) is 12.3 Å². The number of hydrogen-bond donors (Lipinski definition) is 0. The van der Waals surface area contributed by atoms with E-state index in [1.165, 1.54) is 0 Å². The summed E-state index contributed by atoms with van der Waals surface area (Å²) < 4.78 is 0. The minimum Gasteiger partial charge on any atom is -0.337 e. The van der Waals surface area contributed by atoms with E-state index in [2.05, 4.69) is 10.9 Å². The minimum absolute atomic E-state index is 0.0779. The number of hydrogen-bond acceptors (Lipinski definition) is 2. The van der Waals surface area contributed by atoms with Crippen LogP contribution in [0.3, 0.4) is 0 Å². The van der Waals surface area contributed by atoms with Gasteiger partial charge in [0.15, 0.2) is 0 Å². The van der Waals surface area contributed by atoms with Crippen LogP contribution in [0.5, 0.6) is 0 Å². The van der Waals surface area contributed by atoms with Crippen molar-refractivity contribution in [3.8, 4) is 12.3 Å². The number of nitrogens with zero attached hydrogens (tertiary/aromatic N) is 2. The van der Waals surface area contributed by atoms with E-state index in [0.717, 1.165) is 5.56 Å². The number of carbonyl (C=O) groups is 1. The second-order valence-corrected chi connectivity index (χ2v) is 3.70. The average molecular weight is 200 g/mol.